The molecule has 6 heteroatoms. The SMILES string of the molecule is COC(=O)c1c(NC(=O)c2c(C)c(-c3ccc(C)cc3)nc3ccccc23)sc2c1CCCCCC2. The van der Waals surface area contributed by atoms with E-state index in [0.717, 1.165) is 65.4 Å². The van der Waals surface area contributed by atoms with Crippen LogP contribution in [-0.2, 0) is 17.6 Å². The lowest BCUT2D eigenvalue weighted by Crippen LogP contribution is -2.17. The Balaban J connectivity index is 1.62. The molecule has 2 aromatic heterocycles. The molecule has 0 spiro atoms. The molecule has 4 aromatic rings. The number of hydrogen-bond donors (Lipinski definition) is 1. The van der Waals surface area contributed by atoms with E-state index in [1.54, 1.807) is 0 Å². The topological polar surface area (TPSA) is 68.3 Å². The van der Waals surface area contributed by atoms with E-state index in [-0.39, 0.29) is 11.9 Å². The molecule has 36 heavy (non-hydrogen) atoms. The first-order valence-electron chi connectivity index (χ1n) is 12.5. The fourth-order valence-corrected chi connectivity index (χ4v) is 6.36. The molecule has 0 atom stereocenters. The Morgan fingerprint density at radius 2 is 1.64 bits per heavy atom. The van der Waals surface area contributed by atoms with E-state index >= 15 is 0 Å². The van der Waals surface area contributed by atoms with Gasteiger partial charge in [-0.3, -0.25) is 4.79 Å². The van der Waals surface area contributed by atoms with Crippen LogP contribution in [0.1, 0.15) is 68.0 Å². The summed E-state index contributed by atoms with van der Waals surface area (Å²) < 4.78 is 5.15. The number of hydrogen-bond acceptors (Lipinski definition) is 5. The number of thiophene rings is 1. The second-order valence-corrected chi connectivity index (χ2v) is 10.5. The number of pyridine rings is 1. The van der Waals surface area contributed by atoms with Crippen LogP contribution in [-0.4, -0.2) is 24.0 Å². The Labute approximate surface area is 215 Å². The van der Waals surface area contributed by atoms with Crippen LogP contribution in [0.4, 0.5) is 5.00 Å². The van der Waals surface area contributed by atoms with Crippen LogP contribution in [0.15, 0.2) is 48.5 Å². The molecule has 1 aliphatic rings. The first kappa shape index (κ1) is 24.2. The number of para-hydroxylation sites is 1. The van der Waals surface area contributed by atoms with Gasteiger partial charge in [-0.2, -0.15) is 0 Å². The smallest absolute Gasteiger partial charge is 0.341 e. The van der Waals surface area contributed by atoms with Crippen molar-refractivity contribution >= 4 is 39.1 Å². The predicted octanol–water partition coefficient (Wildman–Crippen LogP) is 7.28. The number of nitrogens with one attached hydrogen (secondary N) is 1. The molecular formula is C30H30N2O3S. The van der Waals surface area contributed by atoms with E-state index in [0.29, 0.717) is 16.1 Å². The van der Waals surface area contributed by atoms with Gasteiger partial charge in [0.2, 0.25) is 0 Å². The summed E-state index contributed by atoms with van der Waals surface area (Å²) in [6.45, 7) is 3.99. The molecule has 1 amide bonds. The minimum Gasteiger partial charge on any atom is -0.465 e. The van der Waals surface area contributed by atoms with Crippen LogP contribution in [0.3, 0.4) is 0 Å². The number of amides is 1. The number of aryl methyl sites for hydroxylation is 2. The summed E-state index contributed by atoms with van der Waals surface area (Å²) in [4.78, 5) is 32.9. The maximum atomic E-state index is 13.9. The number of nitrogens with zero attached hydrogens (tertiary/aromatic N) is 1. The normalized spacial score (nSPS) is 13.5. The Hall–Kier alpha value is -3.51. The maximum absolute atomic E-state index is 13.9. The second-order valence-electron chi connectivity index (χ2n) is 9.41. The van der Waals surface area contributed by atoms with E-state index in [1.165, 1.54) is 35.3 Å². The molecule has 1 aliphatic carbocycles. The Kier molecular flexibility index (Phi) is 6.88. The van der Waals surface area contributed by atoms with Crippen LogP contribution < -0.4 is 5.32 Å². The largest absolute Gasteiger partial charge is 0.465 e. The van der Waals surface area contributed by atoms with Crippen molar-refractivity contribution in [3.8, 4) is 11.3 Å². The van der Waals surface area contributed by atoms with Crippen molar-refractivity contribution in [3.05, 3.63) is 81.2 Å². The first-order chi connectivity index (χ1) is 17.5. The summed E-state index contributed by atoms with van der Waals surface area (Å²) >= 11 is 1.52. The van der Waals surface area contributed by atoms with Crippen molar-refractivity contribution in [2.24, 2.45) is 0 Å². The average molecular weight is 499 g/mol. The lowest BCUT2D eigenvalue weighted by Gasteiger charge is -2.15. The molecule has 0 aliphatic heterocycles. The number of methoxy groups -OCH3 is 1. The lowest BCUT2D eigenvalue weighted by molar-refractivity contribution is 0.0601. The summed E-state index contributed by atoms with van der Waals surface area (Å²) in [6, 6.07) is 15.9. The summed E-state index contributed by atoms with van der Waals surface area (Å²) in [5.74, 6) is -0.626. The highest BCUT2D eigenvalue weighted by Gasteiger charge is 2.27. The number of ether oxygens (including phenoxy) is 1. The average Bonchev–Trinajstić information content (AvgIpc) is 3.19. The van der Waals surface area contributed by atoms with Crippen molar-refractivity contribution in [1.82, 2.24) is 4.98 Å². The molecule has 2 aromatic carbocycles. The van der Waals surface area contributed by atoms with Gasteiger partial charge in [0.1, 0.15) is 5.00 Å². The molecule has 2 heterocycles. The predicted molar refractivity (Wildman–Crippen MR) is 146 cm³/mol. The zero-order chi connectivity index (χ0) is 25.2. The van der Waals surface area contributed by atoms with Crippen molar-refractivity contribution in [3.63, 3.8) is 0 Å². The van der Waals surface area contributed by atoms with E-state index in [9.17, 15) is 9.59 Å². The Morgan fingerprint density at radius 3 is 2.39 bits per heavy atom. The number of rotatable bonds is 4. The van der Waals surface area contributed by atoms with E-state index in [2.05, 4.69) is 17.4 Å². The number of anilines is 1. The number of fused-ring (bicyclic) bond motifs is 2. The number of carbonyl (C=O) groups is 2. The molecule has 0 saturated heterocycles. The van der Waals surface area contributed by atoms with Gasteiger partial charge in [-0.05, 0) is 56.7 Å². The molecule has 0 fully saturated rings. The van der Waals surface area contributed by atoms with Crippen molar-refractivity contribution in [2.75, 3.05) is 12.4 Å². The second kappa shape index (κ2) is 10.2. The van der Waals surface area contributed by atoms with Crippen molar-refractivity contribution < 1.29 is 14.3 Å². The van der Waals surface area contributed by atoms with Crippen LogP contribution in [0.5, 0.6) is 0 Å². The van der Waals surface area contributed by atoms with Crippen LogP contribution in [0.2, 0.25) is 0 Å². The standard InChI is InChI=1S/C30H30N2O3S/c1-18-14-16-20(17-15-18)27-19(2)25(21-10-8-9-12-23(21)31-27)28(33)32-29-26(30(34)35-3)22-11-6-4-5-7-13-24(22)36-29/h8-10,12,14-17H,4-7,11,13H2,1-3H3,(H,32,33). The summed E-state index contributed by atoms with van der Waals surface area (Å²) in [5.41, 5.74) is 6.62. The van der Waals surface area contributed by atoms with Gasteiger partial charge in [0, 0.05) is 15.8 Å². The van der Waals surface area contributed by atoms with Crippen molar-refractivity contribution in [2.45, 2.75) is 52.4 Å². The van der Waals surface area contributed by atoms with Gasteiger partial charge in [0.15, 0.2) is 0 Å². The first-order valence-corrected chi connectivity index (χ1v) is 13.3. The lowest BCUT2D eigenvalue weighted by atomic mass is 9.96. The molecule has 0 radical (unpaired) electrons. The van der Waals surface area contributed by atoms with E-state index in [1.807, 2.05) is 50.2 Å². The van der Waals surface area contributed by atoms with Gasteiger partial charge in [0.25, 0.3) is 5.91 Å². The fourth-order valence-electron chi connectivity index (χ4n) is 5.08. The highest BCUT2D eigenvalue weighted by Crippen LogP contribution is 2.38. The molecular weight excluding hydrogens is 468 g/mol. The Morgan fingerprint density at radius 1 is 0.917 bits per heavy atom. The third-order valence-corrected chi connectivity index (χ3v) is 8.18. The van der Waals surface area contributed by atoms with Crippen LogP contribution in [0.25, 0.3) is 22.2 Å². The number of benzene rings is 2. The molecule has 5 nitrogen and oxygen atoms in total. The number of esters is 1. The van der Waals surface area contributed by atoms with Crippen molar-refractivity contribution in [1.29, 1.82) is 0 Å². The van der Waals surface area contributed by atoms with Gasteiger partial charge in [0.05, 0.1) is 29.4 Å². The molecule has 0 bridgehead atoms. The summed E-state index contributed by atoms with van der Waals surface area (Å²) in [5, 5.41) is 4.48. The van der Waals surface area contributed by atoms with Gasteiger partial charge in [-0.15, -0.1) is 11.3 Å². The zero-order valence-electron chi connectivity index (χ0n) is 20.9. The molecule has 1 N–H and O–H groups in total. The van der Waals surface area contributed by atoms with Gasteiger partial charge in [-0.25, -0.2) is 9.78 Å². The third-order valence-electron chi connectivity index (χ3n) is 6.98. The minimum absolute atomic E-state index is 0.237. The number of aromatic nitrogens is 1. The van der Waals surface area contributed by atoms with Gasteiger partial charge >= 0.3 is 5.97 Å². The molecule has 184 valence electrons. The highest BCUT2D eigenvalue weighted by atomic mass is 32.1. The Bertz CT molecular complexity index is 1450. The minimum atomic E-state index is -0.389. The van der Waals surface area contributed by atoms with Crippen LogP contribution in [0, 0.1) is 13.8 Å². The quantitative estimate of drug-likeness (QED) is 0.300. The summed E-state index contributed by atoms with van der Waals surface area (Å²) in [6.07, 6.45) is 6.23. The summed E-state index contributed by atoms with van der Waals surface area (Å²) in [7, 11) is 1.40. The molecule has 5 rings (SSSR count). The number of carbonyl (C=O) groups excluding carboxylic acids is 2. The fraction of sp³-hybridized carbons (Fsp3) is 0.300. The van der Waals surface area contributed by atoms with E-state index in [4.69, 9.17) is 9.72 Å². The van der Waals surface area contributed by atoms with Crippen LogP contribution >= 0.6 is 11.3 Å². The third kappa shape index (κ3) is 4.53. The zero-order valence-corrected chi connectivity index (χ0v) is 21.8. The monoisotopic (exact) mass is 498 g/mol. The molecule has 0 unspecified atom stereocenters. The van der Waals surface area contributed by atoms with Gasteiger partial charge in [-0.1, -0.05) is 60.9 Å². The van der Waals surface area contributed by atoms with Gasteiger partial charge < -0.3 is 10.1 Å². The maximum Gasteiger partial charge on any atom is 0.341 e. The molecule has 0 saturated carbocycles. The van der Waals surface area contributed by atoms with E-state index < -0.39 is 0 Å². The highest BCUT2D eigenvalue weighted by molar-refractivity contribution is 7.17.